The Hall–Kier alpha value is -2.21. The first-order chi connectivity index (χ1) is 9.98. The van der Waals surface area contributed by atoms with Crippen molar-refractivity contribution in [3.8, 4) is 5.75 Å². The molecular formula is C15H10F2O3S. The molecule has 0 atom stereocenters. The third kappa shape index (κ3) is 2.42. The molecule has 1 aliphatic rings. The number of hydrogen-bond donors (Lipinski definition) is 0. The van der Waals surface area contributed by atoms with Gasteiger partial charge in [-0.15, -0.1) is 0 Å². The number of ether oxygens (including phenoxy) is 1. The van der Waals surface area contributed by atoms with Crippen LogP contribution in [0.4, 0.5) is 8.78 Å². The van der Waals surface area contributed by atoms with Gasteiger partial charge in [-0.05, 0) is 42.0 Å². The van der Waals surface area contributed by atoms with Crippen molar-refractivity contribution in [1.29, 1.82) is 0 Å². The third-order valence-corrected chi connectivity index (χ3v) is 5.02. The zero-order valence-electron chi connectivity index (χ0n) is 10.7. The summed E-state index contributed by atoms with van der Waals surface area (Å²) in [5.41, 5.74) is 0.313. The van der Waals surface area contributed by atoms with E-state index in [1.54, 1.807) is 0 Å². The van der Waals surface area contributed by atoms with Gasteiger partial charge in [0.1, 0.15) is 28.9 Å². The predicted molar refractivity (Wildman–Crippen MR) is 73.5 cm³/mol. The predicted octanol–water partition coefficient (Wildman–Crippen LogP) is 3.17. The van der Waals surface area contributed by atoms with E-state index >= 15 is 0 Å². The van der Waals surface area contributed by atoms with Crippen LogP contribution in [0.15, 0.2) is 52.3 Å². The molecule has 0 aromatic heterocycles. The Morgan fingerprint density at radius 1 is 1.00 bits per heavy atom. The average Bonchev–Trinajstić information content (AvgIpc) is 2.70. The molecule has 3 rings (SSSR count). The minimum absolute atomic E-state index is 0.0214. The van der Waals surface area contributed by atoms with Crippen LogP contribution in [0.3, 0.4) is 0 Å². The van der Waals surface area contributed by atoms with E-state index in [2.05, 4.69) is 0 Å². The number of rotatable bonds is 3. The summed E-state index contributed by atoms with van der Waals surface area (Å²) in [6, 6.07) is 9.29. The molecule has 0 spiro atoms. The molecule has 0 fully saturated rings. The van der Waals surface area contributed by atoms with E-state index in [4.69, 9.17) is 4.74 Å². The second-order valence-corrected chi connectivity index (χ2v) is 6.45. The van der Waals surface area contributed by atoms with Crippen molar-refractivity contribution in [1.82, 2.24) is 0 Å². The zero-order valence-corrected chi connectivity index (χ0v) is 11.5. The molecule has 2 aromatic rings. The molecule has 0 saturated heterocycles. The normalized spacial score (nSPS) is 15.4. The van der Waals surface area contributed by atoms with Gasteiger partial charge in [0.05, 0.1) is 4.91 Å². The number of fused-ring (bicyclic) bond motifs is 1. The summed E-state index contributed by atoms with van der Waals surface area (Å²) in [4.78, 5) is -0.338. The highest BCUT2D eigenvalue weighted by atomic mass is 32.2. The summed E-state index contributed by atoms with van der Waals surface area (Å²) < 4.78 is 56.2. The summed E-state index contributed by atoms with van der Waals surface area (Å²) >= 11 is 0. The fraction of sp³-hybridized carbons (Fsp3) is 0.0667. The zero-order chi connectivity index (χ0) is 15.0. The fourth-order valence-corrected chi connectivity index (χ4v) is 3.63. The van der Waals surface area contributed by atoms with Crippen LogP contribution in [0.5, 0.6) is 5.75 Å². The topological polar surface area (TPSA) is 43.4 Å². The first-order valence-electron chi connectivity index (χ1n) is 6.11. The first-order valence-corrected chi connectivity index (χ1v) is 7.59. The van der Waals surface area contributed by atoms with Crippen LogP contribution in [-0.2, 0) is 9.84 Å². The number of sulfone groups is 1. The molecule has 0 radical (unpaired) electrons. The lowest BCUT2D eigenvalue weighted by Gasteiger charge is -2.07. The van der Waals surface area contributed by atoms with E-state index < -0.39 is 21.5 Å². The molecule has 1 heterocycles. The summed E-state index contributed by atoms with van der Waals surface area (Å²) in [5, 5.41) is 0. The van der Waals surface area contributed by atoms with Crippen molar-refractivity contribution >= 4 is 15.9 Å². The van der Waals surface area contributed by atoms with Crippen LogP contribution in [0.2, 0.25) is 0 Å². The van der Waals surface area contributed by atoms with Crippen molar-refractivity contribution in [3.05, 3.63) is 64.6 Å². The van der Waals surface area contributed by atoms with Gasteiger partial charge in [-0.25, -0.2) is 17.2 Å². The van der Waals surface area contributed by atoms with Crippen LogP contribution < -0.4 is 4.74 Å². The van der Waals surface area contributed by atoms with Gasteiger partial charge in [-0.1, -0.05) is 12.1 Å². The highest BCUT2D eigenvalue weighted by Crippen LogP contribution is 2.34. The summed E-state index contributed by atoms with van der Waals surface area (Å²) in [6.45, 7) is -0.234. The van der Waals surface area contributed by atoms with E-state index in [0.717, 1.165) is 6.07 Å². The molecule has 108 valence electrons. The maximum Gasteiger partial charge on any atom is 0.209 e. The van der Waals surface area contributed by atoms with Crippen molar-refractivity contribution in [2.75, 3.05) is 6.61 Å². The highest BCUT2D eigenvalue weighted by Gasteiger charge is 2.32. The van der Waals surface area contributed by atoms with Crippen molar-refractivity contribution < 1.29 is 21.9 Å². The Kier molecular flexibility index (Phi) is 3.25. The molecule has 0 aliphatic carbocycles. The molecule has 6 heteroatoms. The lowest BCUT2D eigenvalue weighted by Crippen LogP contribution is -2.10. The largest absolute Gasteiger partial charge is 0.488 e. The van der Waals surface area contributed by atoms with Gasteiger partial charge in [0.25, 0.3) is 0 Å². The summed E-state index contributed by atoms with van der Waals surface area (Å²) in [6.07, 6.45) is 1.39. The molecule has 0 unspecified atom stereocenters. The first kappa shape index (κ1) is 13.8. The van der Waals surface area contributed by atoms with E-state index in [-0.39, 0.29) is 16.4 Å². The van der Waals surface area contributed by atoms with Gasteiger partial charge < -0.3 is 4.74 Å². The SMILES string of the molecule is O=S1(=O)C(COc2ccc(F)cc2)=Cc2cccc(F)c21. The van der Waals surface area contributed by atoms with Gasteiger partial charge in [0.15, 0.2) is 0 Å². The molecule has 3 nitrogen and oxygen atoms in total. The van der Waals surface area contributed by atoms with Gasteiger partial charge in [-0.2, -0.15) is 0 Å². The number of benzene rings is 2. The van der Waals surface area contributed by atoms with Gasteiger partial charge in [0.2, 0.25) is 9.84 Å². The minimum atomic E-state index is -3.87. The lowest BCUT2D eigenvalue weighted by molar-refractivity contribution is 0.358. The molecule has 0 amide bonds. The Morgan fingerprint density at radius 2 is 1.71 bits per heavy atom. The Bertz CT molecular complexity index is 824. The lowest BCUT2D eigenvalue weighted by atomic mass is 10.2. The van der Waals surface area contributed by atoms with E-state index in [0.29, 0.717) is 11.3 Å². The maximum absolute atomic E-state index is 13.7. The van der Waals surface area contributed by atoms with Gasteiger partial charge >= 0.3 is 0 Å². The monoisotopic (exact) mass is 308 g/mol. The molecular weight excluding hydrogens is 298 g/mol. The fourth-order valence-electron chi connectivity index (χ4n) is 2.11. The van der Waals surface area contributed by atoms with Crippen molar-refractivity contribution in [2.45, 2.75) is 4.90 Å². The summed E-state index contributed by atoms with van der Waals surface area (Å²) in [7, 11) is -3.87. The van der Waals surface area contributed by atoms with Crippen LogP contribution in [0.25, 0.3) is 6.08 Å². The van der Waals surface area contributed by atoms with Crippen LogP contribution in [0, 0.1) is 11.6 Å². The minimum Gasteiger partial charge on any atom is -0.488 e. The Balaban J connectivity index is 1.85. The van der Waals surface area contributed by atoms with Gasteiger partial charge in [-0.3, -0.25) is 0 Å². The second kappa shape index (κ2) is 4.96. The van der Waals surface area contributed by atoms with E-state index in [9.17, 15) is 17.2 Å². The number of halogens is 2. The quantitative estimate of drug-likeness (QED) is 0.874. The molecule has 21 heavy (non-hydrogen) atoms. The molecule has 0 saturated carbocycles. The molecule has 0 bridgehead atoms. The molecule has 0 N–H and O–H groups in total. The van der Waals surface area contributed by atoms with Crippen LogP contribution in [-0.4, -0.2) is 15.0 Å². The molecule has 1 aliphatic heterocycles. The second-order valence-electron chi connectivity index (χ2n) is 4.51. The van der Waals surface area contributed by atoms with Crippen LogP contribution >= 0.6 is 0 Å². The van der Waals surface area contributed by atoms with E-state index in [1.165, 1.54) is 42.5 Å². The smallest absolute Gasteiger partial charge is 0.209 e. The maximum atomic E-state index is 13.7. The number of hydrogen-bond acceptors (Lipinski definition) is 3. The molecule has 2 aromatic carbocycles. The summed E-state index contributed by atoms with van der Waals surface area (Å²) in [5.74, 6) is -0.853. The standard InChI is InChI=1S/C15H10F2O3S/c16-11-4-6-12(7-5-11)20-9-13-8-10-2-1-3-14(17)15(10)21(13,18)19/h1-8H,9H2. The average molecular weight is 308 g/mol. The Labute approximate surface area is 120 Å². The third-order valence-electron chi connectivity index (χ3n) is 3.12. The van der Waals surface area contributed by atoms with E-state index in [1.807, 2.05) is 0 Å². The van der Waals surface area contributed by atoms with Crippen LogP contribution in [0.1, 0.15) is 5.56 Å². The van der Waals surface area contributed by atoms with Crippen molar-refractivity contribution in [3.63, 3.8) is 0 Å². The highest BCUT2D eigenvalue weighted by molar-refractivity contribution is 7.95. The van der Waals surface area contributed by atoms with Gasteiger partial charge in [0, 0.05) is 0 Å². The van der Waals surface area contributed by atoms with Crippen molar-refractivity contribution in [2.24, 2.45) is 0 Å². The Morgan fingerprint density at radius 3 is 2.38 bits per heavy atom.